The van der Waals surface area contributed by atoms with Crippen LogP contribution in [0.25, 0.3) is 5.95 Å². The minimum Gasteiger partial charge on any atom is -0.469 e. The number of carbonyl (C=O) groups is 1. The molecule has 0 spiro atoms. The van der Waals surface area contributed by atoms with Crippen LogP contribution < -0.4 is 0 Å². The Kier molecular flexibility index (Phi) is 4.45. The van der Waals surface area contributed by atoms with E-state index in [1.165, 1.54) is 7.11 Å². The number of rotatable bonds is 5. The van der Waals surface area contributed by atoms with Crippen LogP contribution >= 0.6 is 0 Å². The van der Waals surface area contributed by atoms with E-state index in [0.717, 1.165) is 29.8 Å². The van der Waals surface area contributed by atoms with Crippen LogP contribution in [0.5, 0.6) is 0 Å². The Balaban J connectivity index is 2.51. The third-order valence-corrected chi connectivity index (χ3v) is 3.13. The molecule has 106 valence electrons. The standard InChI is InChI=1S/C14H18N4O2/c1-4-11-10(9-13(19)20-3)12(5-2)18(17-11)14-15-7-6-8-16-14/h6-8H,4-5,9H2,1-3H3. The largest absolute Gasteiger partial charge is 0.469 e. The van der Waals surface area contributed by atoms with Gasteiger partial charge in [0.05, 0.1) is 24.9 Å². The van der Waals surface area contributed by atoms with Crippen LogP contribution in [0, 0.1) is 0 Å². The van der Waals surface area contributed by atoms with Gasteiger partial charge in [-0.1, -0.05) is 13.8 Å². The summed E-state index contributed by atoms with van der Waals surface area (Å²) in [6.45, 7) is 4.04. The summed E-state index contributed by atoms with van der Waals surface area (Å²) >= 11 is 0. The molecule has 0 saturated carbocycles. The first-order valence-corrected chi connectivity index (χ1v) is 6.65. The highest BCUT2D eigenvalue weighted by Crippen LogP contribution is 2.19. The first kappa shape index (κ1) is 14.2. The normalized spacial score (nSPS) is 10.6. The number of hydrogen-bond acceptors (Lipinski definition) is 5. The zero-order chi connectivity index (χ0) is 14.5. The lowest BCUT2D eigenvalue weighted by Crippen LogP contribution is -2.09. The first-order chi connectivity index (χ1) is 9.71. The lowest BCUT2D eigenvalue weighted by molar-refractivity contribution is -0.139. The highest BCUT2D eigenvalue weighted by atomic mass is 16.5. The monoisotopic (exact) mass is 274 g/mol. The number of ether oxygens (including phenoxy) is 1. The molecule has 2 aromatic heterocycles. The van der Waals surface area contributed by atoms with E-state index in [2.05, 4.69) is 15.1 Å². The molecule has 2 rings (SSSR count). The van der Waals surface area contributed by atoms with E-state index in [-0.39, 0.29) is 12.4 Å². The second-order valence-corrected chi connectivity index (χ2v) is 4.29. The van der Waals surface area contributed by atoms with Crippen molar-refractivity contribution in [1.29, 1.82) is 0 Å². The Morgan fingerprint density at radius 2 is 1.95 bits per heavy atom. The highest BCUT2D eigenvalue weighted by molar-refractivity contribution is 5.73. The molecular weight excluding hydrogens is 256 g/mol. The second kappa shape index (κ2) is 6.27. The maximum absolute atomic E-state index is 11.6. The van der Waals surface area contributed by atoms with Gasteiger partial charge in [0.25, 0.3) is 5.95 Å². The third-order valence-electron chi connectivity index (χ3n) is 3.13. The van der Waals surface area contributed by atoms with E-state index >= 15 is 0 Å². The Bertz CT molecular complexity index is 593. The van der Waals surface area contributed by atoms with Crippen molar-refractivity contribution >= 4 is 5.97 Å². The van der Waals surface area contributed by atoms with Crippen LogP contribution in [0.3, 0.4) is 0 Å². The summed E-state index contributed by atoms with van der Waals surface area (Å²) < 4.78 is 6.48. The van der Waals surface area contributed by atoms with Crippen LogP contribution in [0.1, 0.15) is 30.8 Å². The van der Waals surface area contributed by atoms with E-state index in [1.807, 2.05) is 13.8 Å². The van der Waals surface area contributed by atoms with Crippen molar-refractivity contribution in [3.63, 3.8) is 0 Å². The van der Waals surface area contributed by atoms with Crippen LogP contribution in [-0.2, 0) is 28.8 Å². The van der Waals surface area contributed by atoms with Gasteiger partial charge in [-0.3, -0.25) is 4.79 Å². The topological polar surface area (TPSA) is 69.9 Å². The van der Waals surface area contributed by atoms with Crippen molar-refractivity contribution in [2.24, 2.45) is 0 Å². The summed E-state index contributed by atoms with van der Waals surface area (Å²) in [7, 11) is 1.39. The molecule has 0 aliphatic rings. The van der Waals surface area contributed by atoms with Crippen LogP contribution in [0.4, 0.5) is 0 Å². The molecule has 0 N–H and O–H groups in total. The molecule has 20 heavy (non-hydrogen) atoms. The molecule has 0 aliphatic carbocycles. The molecule has 2 aromatic rings. The Hall–Kier alpha value is -2.24. The number of aromatic nitrogens is 4. The second-order valence-electron chi connectivity index (χ2n) is 4.29. The van der Waals surface area contributed by atoms with Crippen molar-refractivity contribution in [3.05, 3.63) is 35.4 Å². The number of nitrogens with zero attached hydrogens (tertiary/aromatic N) is 4. The summed E-state index contributed by atoms with van der Waals surface area (Å²) in [5.74, 6) is 0.262. The van der Waals surface area contributed by atoms with Crippen molar-refractivity contribution in [1.82, 2.24) is 19.7 Å². The van der Waals surface area contributed by atoms with E-state index < -0.39 is 0 Å². The fourth-order valence-corrected chi connectivity index (χ4v) is 2.17. The Morgan fingerprint density at radius 3 is 2.50 bits per heavy atom. The fourth-order valence-electron chi connectivity index (χ4n) is 2.17. The Labute approximate surface area is 117 Å². The maximum atomic E-state index is 11.6. The molecule has 0 fully saturated rings. The van der Waals surface area contributed by atoms with Crippen molar-refractivity contribution in [2.75, 3.05) is 7.11 Å². The van der Waals surface area contributed by atoms with Gasteiger partial charge in [-0.05, 0) is 18.9 Å². The molecule has 0 bridgehead atoms. The molecule has 0 amide bonds. The number of esters is 1. The molecule has 6 heteroatoms. The average molecular weight is 274 g/mol. The summed E-state index contributed by atoms with van der Waals surface area (Å²) in [4.78, 5) is 20.0. The maximum Gasteiger partial charge on any atom is 0.310 e. The van der Waals surface area contributed by atoms with E-state index in [9.17, 15) is 4.79 Å². The minimum absolute atomic E-state index is 0.232. The smallest absolute Gasteiger partial charge is 0.310 e. The molecule has 0 radical (unpaired) electrons. The quantitative estimate of drug-likeness (QED) is 0.773. The van der Waals surface area contributed by atoms with E-state index in [4.69, 9.17) is 4.74 Å². The summed E-state index contributed by atoms with van der Waals surface area (Å²) in [6.07, 6.45) is 5.08. The van der Waals surface area contributed by atoms with Crippen molar-refractivity contribution < 1.29 is 9.53 Å². The van der Waals surface area contributed by atoms with Gasteiger partial charge in [-0.2, -0.15) is 5.10 Å². The summed E-state index contributed by atoms with van der Waals surface area (Å²) in [5, 5.41) is 4.54. The molecular formula is C14H18N4O2. The number of aryl methyl sites for hydroxylation is 1. The average Bonchev–Trinajstić information content (AvgIpc) is 2.85. The lowest BCUT2D eigenvalue weighted by atomic mass is 10.1. The van der Waals surface area contributed by atoms with Crippen LogP contribution in [-0.4, -0.2) is 32.8 Å². The highest BCUT2D eigenvalue weighted by Gasteiger charge is 2.20. The fraction of sp³-hybridized carbons (Fsp3) is 0.429. The van der Waals surface area contributed by atoms with Gasteiger partial charge >= 0.3 is 5.97 Å². The molecule has 0 saturated heterocycles. The van der Waals surface area contributed by atoms with Crippen molar-refractivity contribution in [2.45, 2.75) is 33.1 Å². The molecule has 6 nitrogen and oxygen atoms in total. The molecule has 0 aromatic carbocycles. The number of methoxy groups -OCH3 is 1. The third kappa shape index (κ3) is 2.68. The van der Waals surface area contributed by atoms with Gasteiger partial charge in [0.15, 0.2) is 0 Å². The zero-order valence-electron chi connectivity index (χ0n) is 12.0. The van der Waals surface area contributed by atoms with E-state index in [1.54, 1.807) is 23.1 Å². The molecule has 2 heterocycles. The molecule has 0 unspecified atom stereocenters. The molecule has 0 atom stereocenters. The van der Waals surface area contributed by atoms with Gasteiger partial charge in [0.1, 0.15) is 0 Å². The van der Waals surface area contributed by atoms with Crippen LogP contribution in [0.15, 0.2) is 18.5 Å². The SMILES string of the molecule is CCc1nn(-c2ncccn2)c(CC)c1CC(=O)OC. The van der Waals surface area contributed by atoms with Gasteiger partial charge < -0.3 is 4.74 Å². The predicted octanol–water partition coefficient (Wildman–Crippen LogP) is 1.50. The van der Waals surface area contributed by atoms with Gasteiger partial charge in [-0.15, -0.1) is 0 Å². The summed E-state index contributed by atoms with van der Waals surface area (Å²) in [5.41, 5.74) is 2.77. The van der Waals surface area contributed by atoms with Gasteiger partial charge in [0, 0.05) is 18.0 Å². The Morgan fingerprint density at radius 1 is 1.25 bits per heavy atom. The number of carbonyl (C=O) groups excluding carboxylic acids is 1. The predicted molar refractivity (Wildman–Crippen MR) is 73.6 cm³/mol. The van der Waals surface area contributed by atoms with Crippen LogP contribution in [0.2, 0.25) is 0 Å². The first-order valence-electron chi connectivity index (χ1n) is 6.65. The number of hydrogen-bond donors (Lipinski definition) is 0. The van der Waals surface area contributed by atoms with Crippen molar-refractivity contribution in [3.8, 4) is 5.95 Å². The lowest BCUT2D eigenvalue weighted by Gasteiger charge is -2.05. The van der Waals surface area contributed by atoms with Gasteiger partial charge in [0.2, 0.25) is 0 Å². The summed E-state index contributed by atoms with van der Waals surface area (Å²) in [6, 6.07) is 1.76. The van der Waals surface area contributed by atoms with Gasteiger partial charge in [-0.25, -0.2) is 14.6 Å². The molecule has 0 aliphatic heterocycles. The minimum atomic E-state index is -0.261. The van der Waals surface area contributed by atoms with E-state index in [0.29, 0.717) is 5.95 Å². The zero-order valence-corrected chi connectivity index (χ0v) is 12.0.